The predicted molar refractivity (Wildman–Crippen MR) is 66.9 cm³/mol. The second-order valence-electron chi connectivity index (χ2n) is 4.32. The number of H-pyrrole nitrogens is 1. The van der Waals surface area contributed by atoms with Gasteiger partial charge < -0.3 is 20.5 Å². The van der Waals surface area contributed by atoms with Gasteiger partial charge in [-0.15, -0.1) is 0 Å². The van der Waals surface area contributed by atoms with Gasteiger partial charge in [0.2, 0.25) is 5.95 Å². The molecule has 2 aromatic rings. The van der Waals surface area contributed by atoms with Crippen molar-refractivity contribution in [2.45, 2.75) is 18.9 Å². The molecule has 0 bridgehead atoms. The van der Waals surface area contributed by atoms with Gasteiger partial charge in [-0.25, -0.2) is 9.37 Å². The number of halogens is 1. The van der Waals surface area contributed by atoms with Crippen LogP contribution >= 0.6 is 0 Å². The monoisotopic (exact) mass is 253 g/mol. The molecular formula is C12H16FN3O2. The Morgan fingerprint density at radius 2 is 2.11 bits per heavy atom. The summed E-state index contributed by atoms with van der Waals surface area (Å²) in [5, 5.41) is 21.6. The number of imidazole rings is 1. The normalized spacial score (nSPS) is 12.0. The smallest absolute Gasteiger partial charge is 0.201 e. The number of aliphatic hydroxyl groups excluding tert-OH is 2. The van der Waals surface area contributed by atoms with Crippen LogP contribution in [-0.2, 0) is 0 Å². The number of hydrogen-bond donors (Lipinski definition) is 4. The van der Waals surface area contributed by atoms with E-state index in [0.29, 0.717) is 23.4 Å². The van der Waals surface area contributed by atoms with Gasteiger partial charge in [0, 0.05) is 0 Å². The first kappa shape index (κ1) is 12.8. The van der Waals surface area contributed by atoms with Crippen molar-refractivity contribution in [3.05, 3.63) is 24.0 Å². The predicted octanol–water partition coefficient (Wildman–Crippen LogP) is 1.25. The minimum absolute atomic E-state index is 0.217. The van der Waals surface area contributed by atoms with Crippen LogP contribution in [0.1, 0.15) is 13.3 Å². The maximum atomic E-state index is 13.0. The Morgan fingerprint density at radius 1 is 1.39 bits per heavy atom. The van der Waals surface area contributed by atoms with Crippen molar-refractivity contribution < 1.29 is 14.6 Å². The number of aromatic amines is 1. The lowest BCUT2D eigenvalue weighted by Gasteiger charge is -2.29. The van der Waals surface area contributed by atoms with E-state index in [1.54, 1.807) is 6.07 Å². The zero-order valence-corrected chi connectivity index (χ0v) is 10.1. The third-order valence-corrected chi connectivity index (χ3v) is 3.11. The second kappa shape index (κ2) is 4.91. The molecule has 0 aliphatic heterocycles. The molecule has 0 atom stereocenters. The highest BCUT2D eigenvalue weighted by atomic mass is 19.1. The molecule has 1 aromatic heterocycles. The molecule has 4 N–H and O–H groups in total. The van der Waals surface area contributed by atoms with Gasteiger partial charge in [-0.05, 0) is 24.6 Å². The Labute approximate surface area is 104 Å². The number of nitrogens with one attached hydrogen (secondary N) is 2. The molecule has 0 saturated heterocycles. The summed E-state index contributed by atoms with van der Waals surface area (Å²) in [6.45, 7) is 1.42. The lowest BCUT2D eigenvalue weighted by Crippen LogP contribution is -2.45. The van der Waals surface area contributed by atoms with E-state index >= 15 is 0 Å². The number of rotatable bonds is 5. The summed E-state index contributed by atoms with van der Waals surface area (Å²) in [5.74, 6) is 0.0596. The van der Waals surface area contributed by atoms with Crippen molar-refractivity contribution in [2.24, 2.45) is 0 Å². The fraction of sp³-hybridized carbons (Fsp3) is 0.417. The standard InChI is InChI=1S/C12H16FN3O2/c1-2-12(6-17,7-18)16-11-14-9-4-3-8(13)5-10(9)15-11/h3-5,17-18H,2,6-7H2,1H3,(H2,14,15,16). The van der Waals surface area contributed by atoms with E-state index in [-0.39, 0.29) is 19.0 Å². The number of aliphatic hydroxyl groups is 2. The minimum Gasteiger partial charge on any atom is -0.394 e. The third kappa shape index (κ3) is 2.30. The van der Waals surface area contributed by atoms with Crippen LogP contribution in [0.3, 0.4) is 0 Å². The van der Waals surface area contributed by atoms with Crippen LogP contribution in [0.15, 0.2) is 18.2 Å². The van der Waals surface area contributed by atoms with Crippen molar-refractivity contribution in [2.75, 3.05) is 18.5 Å². The molecule has 1 aromatic carbocycles. The van der Waals surface area contributed by atoms with Gasteiger partial charge in [-0.2, -0.15) is 0 Å². The Bertz CT molecular complexity index is 529. The second-order valence-corrected chi connectivity index (χ2v) is 4.32. The molecule has 6 heteroatoms. The molecule has 0 spiro atoms. The molecule has 2 rings (SSSR count). The van der Waals surface area contributed by atoms with Crippen LogP contribution in [0.25, 0.3) is 11.0 Å². The molecule has 1 heterocycles. The number of anilines is 1. The van der Waals surface area contributed by atoms with Crippen LogP contribution in [0.5, 0.6) is 0 Å². The lowest BCUT2D eigenvalue weighted by atomic mass is 9.99. The zero-order valence-electron chi connectivity index (χ0n) is 10.1. The largest absolute Gasteiger partial charge is 0.394 e. The molecule has 0 amide bonds. The van der Waals surface area contributed by atoms with E-state index in [1.165, 1.54) is 12.1 Å². The van der Waals surface area contributed by atoms with Crippen molar-refractivity contribution in [1.82, 2.24) is 9.97 Å². The molecule has 98 valence electrons. The number of fused-ring (bicyclic) bond motifs is 1. The molecule has 0 radical (unpaired) electrons. The van der Waals surface area contributed by atoms with Gasteiger partial charge in [0.15, 0.2) is 0 Å². The molecule has 0 aliphatic rings. The SMILES string of the molecule is CCC(CO)(CO)Nc1nc2ccc(F)cc2[nH]1. The number of aromatic nitrogens is 2. The number of nitrogens with zero attached hydrogens (tertiary/aromatic N) is 1. The molecule has 0 saturated carbocycles. The van der Waals surface area contributed by atoms with E-state index in [0.717, 1.165) is 0 Å². The summed E-state index contributed by atoms with van der Waals surface area (Å²) in [7, 11) is 0. The van der Waals surface area contributed by atoms with Crippen molar-refractivity contribution in [3.8, 4) is 0 Å². The van der Waals surface area contributed by atoms with Crippen LogP contribution in [0.2, 0.25) is 0 Å². The zero-order chi connectivity index (χ0) is 13.2. The fourth-order valence-corrected chi connectivity index (χ4v) is 1.73. The summed E-state index contributed by atoms with van der Waals surface area (Å²) < 4.78 is 13.0. The first-order chi connectivity index (χ1) is 8.62. The summed E-state index contributed by atoms with van der Waals surface area (Å²) in [4.78, 5) is 7.14. The highest BCUT2D eigenvalue weighted by molar-refractivity contribution is 5.77. The Hall–Kier alpha value is -1.66. The Balaban J connectivity index is 2.31. The topological polar surface area (TPSA) is 81.2 Å². The molecule has 0 aliphatic carbocycles. The maximum Gasteiger partial charge on any atom is 0.201 e. The van der Waals surface area contributed by atoms with Gasteiger partial charge in [-0.3, -0.25) is 0 Å². The van der Waals surface area contributed by atoms with Gasteiger partial charge >= 0.3 is 0 Å². The van der Waals surface area contributed by atoms with Crippen molar-refractivity contribution >= 4 is 17.0 Å². The highest BCUT2D eigenvalue weighted by Crippen LogP contribution is 2.20. The molecule has 0 unspecified atom stereocenters. The summed E-state index contributed by atoms with van der Waals surface area (Å²) in [5.41, 5.74) is 0.366. The summed E-state index contributed by atoms with van der Waals surface area (Å²) >= 11 is 0. The molecular weight excluding hydrogens is 237 g/mol. The van der Waals surface area contributed by atoms with Gasteiger partial charge in [0.05, 0.1) is 29.8 Å². The first-order valence-corrected chi connectivity index (χ1v) is 5.77. The van der Waals surface area contributed by atoms with E-state index in [2.05, 4.69) is 15.3 Å². The third-order valence-electron chi connectivity index (χ3n) is 3.11. The first-order valence-electron chi connectivity index (χ1n) is 5.77. The van der Waals surface area contributed by atoms with E-state index in [1.807, 2.05) is 6.92 Å². The average molecular weight is 253 g/mol. The fourth-order valence-electron chi connectivity index (χ4n) is 1.73. The number of benzene rings is 1. The number of hydrogen-bond acceptors (Lipinski definition) is 4. The van der Waals surface area contributed by atoms with Gasteiger partial charge in [-0.1, -0.05) is 6.92 Å². The molecule has 18 heavy (non-hydrogen) atoms. The molecule has 0 fully saturated rings. The van der Waals surface area contributed by atoms with Crippen LogP contribution in [0.4, 0.5) is 10.3 Å². The summed E-state index contributed by atoms with van der Waals surface area (Å²) in [6.07, 6.45) is 0.533. The quantitative estimate of drug-likeness (QED) is 0.646. The Kier molecular flexibility index (Phi) is 3.49. The van der Waals surface area contributed by atoms with Crippen LogP contribution in [0, 0.1) is 5.82 Å². The van der Waals surface area contributed by atoms with Crippen LogP contribution < -0.4 is 5.32 Å². The lowest BCUT2D eigenvalue weighted by molar-refractivity contribution is 0.132. The van der Waals surface area contributed by atoms with E-state index in [9.17, 15) is 14.6 Å². The highest BCUT2D eigenvalue weighted by Gasteiger charge is 2.27. The van der Waals surface area contributed by atoms with Crippen molar-refractivity contribution in [3.63, 3.8) is 0 Å². The van der Waals surface area contributed by atoms with E-state index < -0.39 is 5.54 Å². The van der Waals surface area contributed by atoms with Gasteiger partial charge in [0.25, 0.3) is 0 Å². The average Bonchev–Trinajstić information content (AvgIpc) is 2.77. The van der Waals surface area contributed by atoms with Gasteiger partial charge in [0.1, 0.15) is 5.82 Å². The summed E-state index contributed by atoms with van der Waals surface area (Å²) in [6, 6.07) is 4.25. The molecule has 5 nitrogen and oxygen atoms in total. The van der Waals surface area contributed by atoms with Crippen molar-refractivity contribution in [1.29, 1.82) is 0 Å². The van der Waals surface area contributed by atoms with Crippen LogP contribution in [-0.4, -0.2) is 38.9 Å². The van der Waals surface area contributed by atoms with E-state index in [4.69, 9.17) is 0 Å². The Morgan fingerprint density at radius 3 is 2.72 bits per heavy atom. The maximum absolute atomic E-state index is 13.0. The minimum atomic E-state index is -0.827.